The van der Waals surface area contributed by atoms with Gasteiger partial charge in [0.25, 0.3) is 5.91 Å². The quantitative estimate of drug-likeness (QED) is 0.862. The molecule has 21 heavy (non-hydrogen) atoms. The molecule has 1 N–H and O–H groups in total. The van der Waals surface area contributed by atoms with Gasteiger partial charge in [-0.05, 0) is 26.3 Å². The lowest BCUT2D eigenvalue weighted by atomic mass is 10.1. The summed E-state index contributed by atoms with van der Waals surface area (Å²) in [6.45, 7) is 6.53. The fourth-order valence-electron chi connectivity index (χ4n) is 1.75. The summed E-state index contributed by atoms with van der Waals surface area (Å²) >= 11 is 1.31. The fraction of sp³-hybridized carbons (Fsp3) is 0.500. The third-order valence-electron chi connectivity index (χ3n) is 2.95. The summed E-state index contributed by atoms with van der Waals surface area (Å²) in [5, 5.41) is 3.08. The van der Waals surface area contributed by atoms with Crippen LogP contribution in [0, 0.1) is 13.8 Å². The number of anilines is 1. The van der Waals surface area contributed by atoms with Gasteiger partial charge in [-0.2, -0.15) is 0 Å². The molecule has 0 radical (unpaired) electrons. The van der Waals surface area contributed by atoms with E-state index in [4.69, 9.17) is 4.74 Å². The maximum atomic E-state index is 12.3. The Labute approximate surface area is 128 Å². The third kappa shape index (κ3) is 4.04. The van der Waals surface area contributed by atoms with Gasteiger partial charge in [-0.15, -0.1) is 11.3 Å². The molecule has 1 heterocycles. The molecular formula is C14H20N2O4S. The summed E-state index contributed by atoms with van der Waals surface area (Å²) < 4.78 is 5.20. The van der Waals surface area contributed by atoms with Gasteiger partial charge in [0, 0.05) is 25.9 Å². The second kappa shape index (κ2) is 6.71. The number of hydrogen-bond acceptors (Lipinski definition) is 5. The number of ether oxygens (including phenoxy) is 1. The van der Waals surface area contributed by atoms with Crippen molar-refractivity contribution in [3.63, 3.8) is 0 Å². The highest BCUT2D eigenvalue weighted by molar-refractivity contribution is 7.16. The van der Waals surface area contributed by atoms with Crippen molar-refractivity contribution in [1.82, 2.24) is 4.90 Å². The highest BCUT2D eigenvalue weighted by Crippen LogP contribution is 2.33. The Morgan fingerprint density at radius 1 is 1.24 bits per heavy atom. The number of hydrogen-bond donors (Lipinski definition) is 1. The number of thiophene rings is 1. The van der Waals surface area contributed by atoms with Gasteiger partial charge >= 0.3 is 5.97 Å². The predicted octanol–water partition coefficient (Wildman–Crippen LogP) is 1.96. The first kappa shape index (κ1) is 17.2. The van der Waals surface area contributed by atoms with E-state index < -0.39 is 12.1 Å². The van der Waals surface area contributed by atoms with Crippen molar-refractivity contribution in [3.05, 3.63) is 16.0 Å². The molecule has 0 aromatic carbocycles. The van der Waals surface area contributed by atoms with E-state index >= 15 is 0 Å². The minimum absolute atomic E-state index is 0.261. The topological polar surface area (TPSA) is 75.7 Å². The second-order valence-electron chi connectivity index (χ2n) is 4.95. The minimum atomic E-state index is -0.878. The van der Waals surface area contributed by atoms with Crippen LogP contribution in [0.3, 0.4) is 0 Å². The minimum Gasteiger partial charge on any atom is -0.449 e. The van der Waals surface area contributed by atoms with E-state index in [1.807, 2.05) is 6.92 Å². The molecule has 0 aliphatic rings. The van der Waals surface area contributed by atoms with Crippen LogP contribution in [0.5, 0.6) is 0 Å². The Balaban J connectivity index is 3.02. The van der Waals surface area contributed by atoms with E-state index in [2.05, 4.69) is 5.32 Å². The summed E-state index contributed by atoms with van der Waals surface area (Å²) in [6.07, 6.45) is -0.878. The number of nitrogens with zero attached hydrogens (tertiary/aromatic N) is 1. The zero-order valence-corrected chi connectivity index (χ0v) is 13.9. The number of aryl methyl sites for hydroxylation is 1. The van der Waals surface area contributed by atoms with Crippen molar-refractivity contribution < 1.29 is 19.1 Å². The summed E-state index contributed by atoms with van der Waals surface area (Å²) in [5.74, 6) is -1.17. The Morgan fingerprint density at radius 2 is 1.81 bits per heavy atom. The lowest BCUT2D eigenvalue weighted by Gasteiger charge is -2.17. The van der Waals surface area contributed by atoms with Gasteiger partial charge < -0.3 is 15.0 Å². The van der Waals surface area contributed by atoms with Gasteiger partial charge in [0.2, 0.25) is 5.91 Å². The first-order valence-electron chi connectivity index (χ1n) is 6.44. The van der Waals surface area contributed by atoms with Crippen molar-refractivity contribution in [2.24, 2.45) is 0 Å². The van der Waals surface area contributed by atoms with Crippen LogP contribution < -0.4 is 5.32 Å². The lowest BCUT2D eigenvalue weighted by Crippen LogP contribution is -2.35. The first-order chi connectivity index (χ1) is 9.65. The van der Waals surface area contributed by atoms with Gasteiger partial charge in [-0.25, -0.2) is 4.79 Å². The predicted molar refractivity (Wildman–Crippen MR) is 81.7 cm³/mol. The van der Waals surface area contributed by atoms with Crippen LogP contribution in [0.4, 0.5) is 5.00 Å². The smallest absolute Gasteiger partial charge is 0.342 e. The third-order valence-corrected chi connectivity index (χ3v) is 4.07. The molecule has 1 atom stereocenters. The van der Waals surface area contributed by atoms with Gasteiger partial charge in [-0.1, -0.05) is 0 Å². The van der Waals surface area contributed by atoms with Gasteiger partial charge in [0.1, 0.15) is 5.00 Å². The van der Waals surface area contributed by atoms with Crippen LogP contribution in [0.15, 0.2) is 0 Å². The number of carbonyl (C=O) groups excluding carboxylic acids is 3. The number of esters is 1. The Bertz CT molecular complexity index is 578. The molecule has 0 saturated carbocycles. The Kier molecular flexibility index (Phi) is 5.48. The maximum Gasteiger partial charge on any atom is 0.342 e. The number of rotatable bonds is 4. The molecule has 0 spiro atoms. The maximum absolute atomic E-state index is 12.3. The molecule has 0 aliphatic carbocycles. The SMILES string of the molecule is CC(=O)Nc1sc(C)c(C)c1C(=O)O[C@H](C)C(=O)N(C)C. The Morgan fingerprint density at radius 3 is 2.29 bits per heavy atom. The number of amides is 2. The van der Waals surface area contributed by atoms with Crippen LogP contribution in [0.2, 0.25) is 0 Å². The summed E-state index contributed by atoms with van der Waals surface area (Å²) in [7, 11) is 3.19. The molecule has 116 valence electrons. The average Bonchev–Trinajstić information content (AvgIpc) is 2.62. The van der Waals surface area contributed by atoms with Gasteiger partial charge in [0.15, 0.2) is 6.10 Å². The van der Waals surface area contributed by atoms with Crippen LogP contribution >= 0.6 is 11.3 Å². The van der Waals surface area contributed by atoms with Crippen molar-refractivity contribution in [1.29, 1.82) is 0 Å². The van der Waals surface area contributed by atoms with Crippen molar-refractivity contribution >= 4 is 34.1 Å². The molecule has 7 heteroatoms. The van der Waals surface area contributed by atoms with Crippen LogP contribution in [-0.4, -0.2) is 42.9 Å². The van der Waals surface area contributed by atoms with E-state index in [1.54, 1.807) is 21.0 Å². The zero-order chi connectivity index (χ0) is 16.3. The molecule has 0 bridgehead atoms. The summed E-state index contributed by atoms with van der Waals surface area (Å²) in [4.78, 5) is 37.5. The molecule has 1 aromatic heterocycles. The second-order valence-corrected chi connectivity index (χ2v) is 6.17. The molecule has 0 aliphatic heterocycles. The van der Waals surface area contributed by atoms with Gasteiger partial charge in [0.05, 0.1) is 5.56 Å². The number of nitrogens with one attached hydrogen (secondary N) is 1. The van der Waals surface area contributed by atoms with E-state index in [0.717, 1.165) is 10.4 Å². The van der Waals surface area contributed by atoms with E-state index in [9.17, 15) is 14.4 Å². The molecular weight excluding hydrogens is 292 g/mol. The van der Waals surface area contributed by atoms with Crippen LogP contribution in [0.1, 0.15) is 34.6 Å². The largest absolute Gasteiger partial charge is 0.449 e. The van der Waals surface area contributed by atoms with Crippen molar-refractivity contribution in [3.8, 4) is 0 Å². The van der Waals surface area contributed by atoms with Crippen molar-refractivity contribution in [2.45, 2.75) is 33.8 Å². The monoisotopic (exact) mass is 312 g/mol. The summed E-state index contributed by atoms with van der Waals surface area (Å²) in [6, 6.07) is 0. The highest BCUT2D eigenvalue weighted by atomic mass is 32.1. The van der Waals surface area contributed by atoms with E-state index in [1.165, 1.54) is 30.1 Å². The standard InChI is InChI=1S/C14H20N2O4S/c1-7-9(3)21-12(15-10(4)17)11(7)14(19)20-8(2)13(18)16(5)6/h8H,1-6H3,(H,15,17)/t8-/m1/s1. The molecule has 1 aromatic rings. The molecule has 0 unspecified atom stereocenters. The lowest BCUT2D eigenvalue weighted by molar-refractivity contribution is -0.137. The van der Waals surface area contributed by atoms with Crippen molar-refractivity contribution in [2.75, 3.05) is 19.4 Å². The Hall–Kier alpha value is -1.89. The highest BCUT2D eigenvalue weighted by Gasteiger charge is 2.26. The van der Waals surface area contributed by atoms with Crippen LogP contribution in [0.25, 0.3) is 0 Å². The van der Waals surface area contributed by atoms with E-state index in [0.29, 0.717) is 10.6 Å². The van der Waals surface area contributed by atoms with Gasteiger partial charge in [-0.3, -0.25) is 9.59 Å². The molecule has 2 amide bonds. The van der Waals surface area contributed by atoms with E-state index in [-0.39, 0.29) is 11.8 Å². The normalized spacial score (nSPS) is 11.7. The fourth-order valence-corrected chi connectivity index (χ4v) is 2.85. The number of carbonyl (C=O) groups is 3. The van der Waals surface area contributed by atoms with Crippen LogP contribution in [-0.2, 0) is 14.3 Å². The molecule has 1 rings (SSSR count). The average molecular weight is 312 g/mol. The zero-order valence-electron chi connectivity index (χ0n) is 13.1. The summed E-state index contributed by atoms with van der Waals surface area (Å²) in [5.41, 5.74) is 1.06. The number of likely N-dealkylation sites (N-methyl/N-ethyl adjacent to an activating group) is 1. The first-order valence-corrected chi connectivity index (χ1v) is 7.26. The molecule has 6 nitrogen and oxygen atoms in total. The molecule has 0 saturated heterocycles. The molecule has 0 fully saturated rings.